The first-order valence-electron chi connectivity index (χ1n) is 5.30. The lowest BCUT2D eigenvalue weighted by Gasteiger charge is -2.08. The van der Waals surface area contributed by atoms with Crippen LogP contribution in [0.3, 0.4) is 0 Å². The van der Waals surface area contributed by atoms with E-state index in [1.807, 2.05) is 0 Å². The molecule has 0 N–H and O–H groups in total. The summed E-state index contributed by atoms with van der Waals surface area (Å²) in [5.74, 6) is 0. The van der Waals surface area contributed by atoms with Crippen molar-refractivity contribution in [2.45, 2.75) is 6.92 Å². The molecule has 0 amide bonds. The molecule has 0 aliphatic rings. The Morgan fingerprint density at radius 3 is 2.26 bits per heavy atom. The first-order chi connectivity index (χ1) is 8.91. The first-order valence-corrected chi connectivity index (χ1v) is 6.44. The molecule has 3 nitrogen and oxygen atoms in total. The van der Waals surface area contributed by atoms with Crippen LogP contribution < -0.4 is 0 Å². The number of benzene rings is 2. The summed E-state index contributed by atoms with van der Waals surface area (Å²) in [5, 5.41) is 11.8. The lowest BCUT2D eigenvalue weighted by atomic mass is 10.0. The highest BCUT2D eigenvalue weighted by atomic mass is 35.5. The average Bonchev–Trinajstić information content (AvgIpc) is 2.37. The predicted molar refractivity (Wildman–Crippen MR) is 78.3 cm³/mol. The van der Waals surface area contributed by atoms with Crippen molar-refractivity contribution in [2.24, 2.45) is 0 Å². The summed E-state index contributed by atoms with van der Waals surface area (Å²) in [5.41, 5.74) is 1.69. The molecule has 0 unspecified atom stereocenters. The summed E-state index contributed by atoms with van der Waals surface area (Å²) < 4.78 is 0. The van der Waals surface area contributed by atoms with Crippen molar-refractivity contribution in [3.63, 3.8) is 0 Å². The Balaban J connectivity index is 2.72. The Morgan fingerprint density at radius 1 is 1.00 bits per heavy atom. The van der Waals surface area contributed by atoms with Crippen molar-refractivity contribution in [1.29, 1.82) is 0 Å². The van der Waals surface area contributed by atoms with Gasteiger partial charge in [-0.3, -0.25) is 10.1 Å². The van der Waals surface area contributed by atoms with E-state index in [9.17, 15) is 10.1 Å². The minimum atomic E-state index is -0.443. The summed E-state index contributed by atoms with van der Waals surface area (Å²) in [6.45, 7) is 1.78. The normalized spacial score (nSPS) is 10.5. The van der Waals surface area contributed by atoms with Crippen LogP contribution in [0.15, 0.2) is 30.3 Å². The maximum absolute atomic E-state index is 11.1. The van der Waals surface area contributed by atoms with Crippen molar-refractivity contribution in [3.8, 4) is 11.1 Å². The molecule has 0 saturated heterocycles. The third kappa shape index (κ3) is 2.68. The van der Waals surface area contributed by atoms with Gasteiger partial charge in [-0.2, -0.15) is 0 Å². The van der Waals surface area contributed by atoms with Gasteiger partial charge in [0.15, 0.2) is 0 Å². The van der Waals surface area contributed by atoms with Crippen molar-refractivity contribution < 1.29 is 4.92 Å². The van der Waals surface area contributed by atoms with Gasteiger partial charge in [-0.15, -0.1) is 0 Å². The molecule has 0 spiro atoms. The number of rotatable bonds is 2. The zero-order valence-electron chi connectivity index (χ0n) is 9.78. The molecular formula is C13H8Cl3NO2. The molecule has 98 valence electrons. The van der Waals surface area contributed by atoms with Crippen molar-refractivity contribution >= 4 is 40.5 Å². The van der Waals surface area contributed by atoms with Crippen LogP contribution in [0.5, 0.6) is 0 Å². The molecule has 0 atom stereocenters. The summed E-state index contributed by atoms with van der Waals surface area (Å²) in [7, 11) is 0. The monoisotopic (exact) mass is 315 g/mol. The topological polar surface area (TPSA) is 43.1 Å². The Hall–Kier alpha value is -1.29. The molecule has 0 fully saturated rings. The highest BCUT2D eigenvalue weighted by Crippen LogP contribution is 2.41. The van der Waals surface area contributed by atoms with Crippen LogP contribution in [-0.4, -0.2) is 4.92 Å². The molecule has 0 radical (unpaired) electrons. The zero-order valence-corrected chi connectivity index (χ0v) is 12.1. The van der Waals surface area contributed by atoms with Crippen molar-refractivity contribution in [3.05, 3.63) is 61.1 Å². The van der Waals surface area contributed by atoms with E-state index in [0.717, 1.165) is 5.56 Å². The van der Waals surface area contributed by atoms with Crippen LogP contribution >= 0.6 is 34.8 Å². The minimum absolute atomic E-state index is 0.0136. The van der Waals surface area contributed by atoms with E-state index >= 15 is 0 Å². The molecule has 2 aromatic carbocycles. The van der Waals surface area contributed by atoms with E-state index < -0.39 is 4.92 Å². The zero-order chi connectivity index (χ0) is 14.2. The van der Waals surface area contributed by atoms with Gasteiger partial charge < -0.3 is 0 Å². The van der Waals surface area contributed by atoms with E-state index in [1.165, 1.54) is 6.07 Å². The van der Waals surface area contributed by atoms with Crippen LogP contribution in [0, 0.1) is 17.0 Å². The van der Waals surface area contributed by atoms with Crippen LogP contribution in [-0.2, 0) is 0 Å². The molecule has 0 bridgehead atoms. The maximum atomic E-state index is 11.1. The minimum Gasteiger partial charge on any atom is -0.258 e. The highest BCUT2D eigenvalue weighted by Gasteiger charge is 2.19. The largest absolute Gasteiger partial charge is 0.277 e. The average molecular weight is 317 g/mol. The van der Waals surface area contributed by atoms with Crippen LogP contribution in [0.1, 0.15) is 5.56 Å². The molecule has 0 aromatic heterocycles. The van der Waals surface area contributed by atoms with Gasteiger partial charge in [0.25, 0.3) is 5.69 Å². The summed E-state index contributed by atoms with van der Waals surface area (Å²) in [6, 6.07) is 8.11. The number of hydrogen-bond donors (Lipinski definition) is 0. The lowest BCUT2D eigenvalue weighted by Crippen LogP contribution is -1.93. The number of hydrogen-bond acceptors (Lipinski definition) is 2. The van der Waals surface area contributed by atoms with Gasteiger partial charge >= 0.3 is 0 Å². The van der Waals surface area contributed by atoms with Gasteiger partial charge in [0, 0.05) is 11.6 Å². The van der Waals surface area contributed by atoms with E-state index in [2.05, 4.69) is 0 Å². The third-order valence-electron chi connectivity index (χ3n) is 2.68. The van der Waals surface area contributed by atoms with Gasteiger partial charge in [-0.1, -0.05) is 46.9 Å². The Labute approximate surface area is 124 Å². The fraction of sp³-hybridized carbons (Fsp3) is 0.0769. The predicted octanol–water partition coefficient (Wildman–Crippen LogP) is 5.53. The van der Waals surface area contributed by atoms with E-state index in [-0.39, 0.29) is 15.7 Å². The standard InChI is InChI=1S/C13H8Cl3NO2/c1-7-2-3-8(11(6-7)17(18)19)9-4-5-10(14)13(16)12(9)15/h2-6H,1H3. The highest BCUT2D eigenvalue weighted by molar-refractivity contribution is 6.49. The smallest absolute Gasteiger partial charge is 0.258 e. The molecule has 6 heteroatoms. The maximum Gasteiger partial charge on any atom is 0.277 e. The second-order valence-electron chi connectivity index (χ2n) is 4.00. The molecule has 2 aromatic rings. The number of halogens is 3. The summed E-state index contributed by atoms with van der Waals surface area (Å²) in [6.07, 6.45) is 0. The number of nitrogens with zero attached hydrogens (tertiary/aromatic N) is 1. The van der Waals surface area contributed by atoms with E-state index in [1.54, 1.807) is 31.2 Å². The van der Waals surface area contributed by atoms with Gasteiger partial charge in [0.1, 0.15) is 0 Å². The molecule has 2 rings (SSSR count). The molecule has 0 heterocycles. The van der Waals surface area contributed by atoms with Crippen LogP contribution in [0.4, 0.5) is 5.69 Å². The first kappa shape index (κ1) is 14.1. The Kier molecular flexibility index (Phi) is 3.99. The van der Waals surface area contributed by atoms with Crippen LogP contribution in [0.2, 0.25) is 15.1 Å². The van der Waals surface area contributed by atoms with Crippen molar-refractivity contribution in [2.75, 3.05) is 0 Å². The van der Waals surface area contributed by atoms with Gasteiger partial charge in [-0.25, -0.2) is 0 Å². The van der Waals surface area contributed by atoms with E-state index in [0.29, 0.717) is 16.1 Å². The Bertz CT molecular complexity index is 671. The molecular weight excluding hydrogens is 309 g/mol. The SMILES string of the molecule is Cc1ccc(-c2ccc(Cl)c(Cl)c2Cl)c([N+](=O)[O-])c1. The second kappa shape index (κ2) is 5.37. The molecule has 0 aliphatic heterocycles. The number of aryl methyl sites for hydroxylation is 1. The van der Waals surface area contributed by atoms with Gasteiger partial charge in [-0.05, 0) is 24.6 Å². The van der Waals surface area contributed by atoms with Crippen molar-refractivity contribution in [1.82, 2.24) is 0 Å². The number of nitro groups is 1. The van der Waals surface area contributed by atoms with Crippen LogP contribution in [0.25, 0.3) is 11.1 Å². The van der Waals surface area contributed by atoms with Gasteiger partial charge in [0.2, 0.25) is 0 Å². The fourth-order valence-corrected chi connectivity index (χ4v) is 2.39. The Morgan fingerprint density at radius 2 is 1.63 bits per heavy atom. The molecule has 19 heavy (non-hydrogen) atoms. The number of nitro benzene ring substituents is 1. The molecule has 0 saturated carbocycles. The van der Waals surface area contributed by atoms with Gasteiger partial charge in [0.05, 0.1) is 25.6 Å². The third-order valence-corrected chi connectivity index (χ3v) is 3.97. The summed E-state index contributed by atoms with van der Waals surface area (Å²) >= 11 is 17.9. The quantitative estimate of drug-likeness (QED) is 0.415. The fourth-order valence-electron chi connectivity index (χ4n) is 1.75. The second-order valence-corrected chi connectivity index (χ2v) is 5.16. The summed E-state index contributed by atoms with van der Waals surface area (Å²) in [4.78, 5) is 10.7. The van der Waals surface area contributed by atoms with E-state index in [4.69, 9.17) is 34.8 Å². The lowest BCUT2D eigenvalue weighted by molar-refractivity contribution is -0.384. The molecule has 0 aliphatic carbocycles.